The normalized spacial score (nSPS) is 18.7. The Bertz CT molecular complexity index is 1460. The van der Waals surface area contributed by atoms with Gasteiger partial charge >= 0.3 is 5.97 Å². The number of carboxylic acid groups (broad SMARTS) is 1. The van der Waals surface area contributed by atoms with Crippen molar-refractivity contribution >= 4 is 29.4 Å². The molecular weight excluding hydrogens is 550 g/mol. The molecule has 2 aliphatic heterocycles. The molecule has 2 atom stereocenters. The number of hydrogen-bond acceptors (Lipinski definition) is 6. The maximum atomic E-state index is 13.3. The van der Waals surface area contributed by atoms with E-state index in [4.69, 9.17) is 30.9 Å². The van der Waals surface area contributed by atoms with E-state index < -0.39 is 18.2 Å². The number of halogens is 1. The highest BCUT2D eigenvalue weighted by Crippen LogP contribution is 2.46. The molecule has 0 unspecified atom stereocenters. The lowest BCUT2D eigenvalue weighted by molar-refractivity contribution is -0.145. The molecule has 3 heterocycles. The van der Waals surface area contributed by atoms with E-state index >= 15 is 0 Å². The van der Waals surface area contributed by atoms with Crippen molar-refractivity contribution in [2.24, 2.45) is 0 Å². The number of carbonyl (C=O) groups is 3. The number of para-hydroxylation sites is 1. The summed E-state index contributed by atoms with van der Waals surface area (Å²) in [7, 11) is 3.16. The van der Waals surface area contributed by atoms with Crippen LogP contribution < -0.4 is 9.47 Å². The number of aliphatic carboxylic acids is 1. The number of amides is 2. The predicted octanol–water partition coefficient (Wildman–Crippen LogP) is 4.23. The van der Waals surface area contributed by atoms with Crippen LogP contribution in [0, 0.1) is 0 Å². The number of carbonyl (C=O) groups excluding carboxylic acids is 2. The van der Waals surface area contributed by atoms with Crippen LogP contribution in [0.2, 0.25) is 5.02 Å². The Hall–Kier alpha value is -4.02. The number of carboxylic acids is 1. The fourth-order valence-electron chi connectivity index (χ4n) is 5.59. The average Bonchev–Trinajstić information content (AvgIpc) is 3.32. The zero-order valence-corrected chi connectivity index (χ0v) is 23.7. The SMILES string of the molecule is COc1cccc([C@H]2O[C@H](CCC(=O)N3CCCN(CC(=O)O)C(=O)C3)c3cccn3-c3ccc(Cl)cc32)c1OC. The molecule has 1 fully saturated rings. The van der Waals surface area contributed by atoms with Crippen LogP contribution in [0.4, 0.5) is 0 Å². The quantitative estimate of drug-likeness (QED) is 0.424. The minimum Gasteiger partial charge on any atom is -0.493 e. The summed E-state index contributed by atoms with van der Waals surface area (Å²) in [4.78, 5) is 39.9. The Kier molecular flexibility index (Phi) is 8.51. The molecule has 2 aliphatic rings. The van der Waals surface area contributed by atoms with E-state index in [1.807, 2.05) is 59.3 Å². The van der Waals surface area contributed by atoms with Crippen LogP contribution in [0.25, 0.3) is 5.69 Å². The summed E-state index contributed by atoms with van der Waals surface area (Å²) in [6.07, 6.45) is 1.90. The molecule has 2 aromatic carbocycles. The zero-order chi connectivity index (χ0) is 29.1. The van der Waals surface area contributed by atoms with Crippen LogP contribution in [0.5, 0.6) is 11.5 Å². The predicted molar refractivity (Wildman–Crippen MR) is 151 cm³/mol. The molecule has 0 spiro atoms. The number of aromatic nitrogens is 1. The average molecular weight is 582 g/mol. The molecule has 0 radical (unpaired) electrons. The monoisotopic (exact) mass is 581 g/mol. The van der Waals surface area contributed by atoms with Crippen molar-refractivity contribution in [1.82, 2.24) is 14.4 Å². The lowest BCUT2D eigenvalue weighted by atomic mass is 9.98. The van der Waals surface area contributed by atoms with E-state index in [1.54, 1.807) is 14.2 Å². The summed E-state index contributed by atoms with van der Waals surface area (Å²) in [5, 5.41) is 9.66. The van der Waals surface area contributed by atoms with Crippen molar-refractivity contribution in [1.29, 1.82) is 0 Å². The van der Waals surface area contributed by atoms with Crippen LogP contribution in [-0.2, 0) is 19.1 Å². The number of nitrogens with zero attached hydrogens (tertiary/aromatic N) is 3. The Morgan fingerprint density at radius 2 is 1.90 bits per heavy atom. The lowest BCUT2D eigenvalue weighted by Gasteiger charge is -2.26. The Morgan fingerprint density at radius 1 is 1.07 bits per heavy atom. The molecule has 10 nitrogen and oxygen atoms in total. The van der Waals surface area contributed by atoms with Crippen LogP contribution in [0.1, 0.15) is 48.3 Å². The van der Waals surface area contributed by atoms with Crippen molar-refractivity contribution in [2.75, 3.05) is 40.4 Å². The van der Waals surface area contributed by atoms with Gasteiger partial charge in [-0.3, -0.25) is 14.4 Å². The largest absolute Gasteiger partial charge is 0.493 e. The van der Waals surface area contributed by atoms with Gasteiger partial charge in [0.1, 0.15) is 12.6 Å². The van der Waals surface area contributed by atoms with E-state index in [9.17, 15) is 14.4 Å². The van der Waals surface area contributed by atoms with Gasteiger partial charge in [0.25, 0.3) is 0 Å². The summed E-state index contributed by atoms with van der Waals surface area (Å²) in [6, 6.07) is 15.2. The first-order chi connectivity index (χ1) is 19.8. The molecule has 1 saturated heterocycles. The van der Waals surface area contributed by atoms with Gasteiger partial charge in [0, 0.05) is 41.9 Å². The van der Waals surface area contributed by atoms with E-state index in [0.29, 0.717) is 42.5 Å². The van der Waals surface area contributed by atoms with Crippen molar-refractivity contribution in [2.45, 2.75) is 31.5 Å². The minimum absolute atomic E-state index is 0.137. The fraction of sp³-hybridized carbons (Fsp3) is 0.367. The molecule has 0 aliphatic carbocycles. The van der Waals surface area contributed by atoms with Crippen LogP contribution >= 0.6 is 11.6 Å². The summed E-state index contributed by atoms with van der Waals surface area (Å²) in [5.74, 6) is -0.513. The van der Waals surface area contributed by atoms with Gasteiger partial charge < -0.3 is 33.7 Å². The molecule has 1 aromatic heterocycles. The van der Waals surface area contributed by atoms with Gasteiger partial charge in [-0.25, -0.2) is 0 Å². The first-order valence-corrected chi connectivity index (χ1v) is 13.8. The van der Waals surface area contributed by atoms with Crippen molar-refractivity contribution in [3.05, 3.63) is 76.6 Å². The van der Waals surface area contributed by atoms with Gasteiger partial charge in [0.15, 0.2) is 11.5 Å². The first-order valence-electron chi connectivity index (χ1n) is 13.4. The number of benzene rings is 2. The second-order valence-electron chi connectivity index (χ2n) is 10.0. The standard InChI is InChI=1S/C30H32ClN3O7/c1-39-25-8-3-6-20(30(25)40-2)29-21-16-19(31)9-10-22(21)34-15-4-7-23(34)24(41-29)11-12-26(35)32-13-5-14-33(18-28(37)38)27(36)17-32/h3-4,6-10,15-16,24,29H,5,11-14,17-18H2,1-2H3,(H,37,38)/t24-,29-/m1/s1. The topological polar surface area (TPSA) is 111 Å². The molecule has 11 heteroatoms. The third-order valence-electron chi connectivity index (χ3n) is 7.49. The molecule has 3 aromatic rings. The molecule has 1 N–H and O–H groups in total. The number of methoxy groups -OCH3 is 2. The number of hydrogen-bond donors (Lipinski definition) is 1. The first kappa shape index (κ1) is 28.5. The Labute approximate surface area is 243 Å². The number of fused-ring (bicyclic) bond motifs is 3. The van der Waals surface area contributed by atoms with Gasteiger partial charge in [0.2, 0.25) is 11.8 Å². The Morgan fingerprint density at radius 3 is 2.66 bits per heavy atom. The highest BCUT2D eigenvalue weighted by Gasteiger charge is 2.34. The van der Waals surface area contributed by atoms with Crippen LogP contribution in [0.3, 0.4) is 0 Å². The van der Waals surface area contributed by atoms with Crippen LogP contribution in [-0.4, -0.2) is 77.7 Å². The molecule has 5 rings (SSSR count). The molecule has 0 saturated carbocycles. The lowest BCUT2D eigenvalue weighted by Crippen LogP contribution is -2.41. The van der Waals surface area contributed by atoms with Crippen molar-refractivity contribution in [3.8, 4) is 17.2 Å². The van der Waals surface area contributed by atoms with E-state index in [1.165, 1.54) is 9.80 Å². The van der Waals surface area contributed by atoms with E-state index in [2.05, 4.69) is 0 Å². The van der Waals surface area contributed by atoms with Gasteiger partial charge in [0.05, 0.1) is 38.2 Å². The molecule has 0 bridgehead atoms. The second kappa shape index (κ2) is 12.2. The number of ether oxygens (including phenoxy) is 3. The van der Waals surface area contributed by atoms with Gasteiger partial charge in [-0.15, -0.1) is 0 Å². The highest BCUT2D eigenvalue weighted by molar-refractivity contribution is 6.30. The molecule has 216 valence electrons. The molecule has 2 amide bonds. The van der Waals surface area contributed by atoms with E-state index in [-0.39, 0.29) is 31.3 Å². The van der Waals surface area contributed by atoms with Gasteiger partial charge in [-0.2, -0.15) is 0 Å². The van der Waals surface area contributed by atoms with Gasteiger partial charge in [-0.1, -0.05) is 23.7 Å². The second-order valence-corrected chi connectivity index (χ2v) is 10.4. The zero-order valence-electron chi connectivity index (χ0n) is 22.9. The minimum atomic E-state index is -1.07. The van der Waals surface area contributed by atoms with Crippen molar-refractivity contribution < 1.29 is 33.7 Å². The van der Waals surface area contributed by atoms with Crippen LogP contribution in [0.15, 0.2) is 54.7 Å². The summed E-state index contributed by atoms with van der Waals surface area (Å²) in [5.41, 5.74) is 3.38. The van der Waals surface area contributed by atoms with Gasteiger partial charge in [-0.05, 0) is 49.2 Å². The summed E-state index contributed by atoms with van der Waals surface area (Å²) < 4.78 is 20.2. The maximum Gasteiger partial charge on any atom is 0.323 e. The maximum absolute atomic E-state index is 13.3. The number of rotatable bonds is 8. The van der Waals surface area contributed by atoms with E-state index in [0.717, 1.165) is 22.5 Å². The third-order valence-corrected chi connectivity index (χ3v) is 7.73. The smallest absolute Gasteiger partial charge is 0.323 e. The summed E-state index contributed by atoms with van der Waals surface area (Å²) in [6.45, 7) is 0.185. The van der Waals surface area contributed by atoms with Crippen molar-refractivity contribution in [3.63, 3.8) is 0 Å². The molecule has 41 heavy (non-hydrogen) atoms. The Balaban J connectivity index is 1.44. The fourth-order valence-corrected chi connectivity index (χ4v) is 5.77. The molecular formula is C30H32ClN3O7. The highest BCUT2D eigenvalue weighted by atomic mass is 35.5. The summed E-state index contributed by atoms with van der Waals surface area (Å²) >= 11 is 6.47. The third kappa shape index (κ3) is 5.89.